The van der Waals surface area contributed by atoms with Gasteiger partial charge in [0.05, 0.1) is 5.92 Å². The lowest BCUT2D eigenvalue weighted by Gasteiger charge is -2.16. The van der Waals surface area contributed by atoms with Crippen molar-refractivity contribution in [2.75, 3.05) is 19.6 Å². The van der Waals surface area contributed by atoms with Crippen LogP contribution in [0.5, 0.6) is 0 Å². The van der Waals surface area contributed by atoms with E-state index in [1.807, 2.05) is 0 Å². The molecule has 0 aromatic heterocycles. The van der Waals surface area contributed by atoms with Gasteiger partial charge in [-0.15, -0.1) is 0 Å². The summed E-state index contributed by atoms with van der Waals surface area (Å²) in [5.41, 5.74) is 0.994. The Kier molecular flexibility index (Phi) is 7.22. The third kappa shape index (κ3) is 5.62. The normalized spacial score (nSPS) is 17.3. The van der Waals surface area contributed by atoms with Crippen LogP contribution in [0.4, 0.5) is 4.39 Å². The van der Waals surface area contributed by atoms with Gasteiger partial charge in [-0.3, -0.25) is 9.59 Å². The molecule has 0 radical (unpaired) electrons. The average molecular weight is 334 g/mol. The Hall–Kier alpha value is -1.91. The highest BCUT2D eigenvalue weighted by Gasteiger charge is 2.33. The fraction of sp³-hybridized carbons (Fsp3) is 0.579. The zero-order valence-corrected chi connectivity index (χ0v) is 14.4. The Morgan fingerprint density at radius 3 is 2.71 bits per heavy atom. The Morgan fingerprint density at radius 1 is 1.25 bits per heavy atom. The van der Waals surface area contributed by atoms with E-state index in [4.69, 9.17) is 0 Å². The minimum absolute atomic E-state index is 0.0101. The zero-order valence-electron chi connectivity index (χ0n) is 14.4. The number of hydrogen-bond acceptors (Lipinski definition) is 2. The number of nitrogens with one attached hydrogen (secondary N) is 1. The standard InChI is InChI=1S/C19H27FN2O2/c1-2-3-4-5-11-21-19(24)16-13-18(23)22(14-16)12-10-15-6-8-17(20)9-7-15/h6-9,16H,2-5,10-14H2,1H3,(H,21,24). The first-order chi connectivity index (χ1) is 11.6. The quantitative estimate of drug-likeness (QED) is 0.706. The van der Waals surface area contributed by atoms with Crippen LogP contribution in [0.15, 0.2) is 24.3 Å². The number of nitrogens with zero attached hydrogens (tertiary/aromatic N) is 1. The molecule has 1 saturated heterocycles. The van der Waals surface area contributed by atoms with Gasteiger partial charge in [-0.2, -0.15) is 0 Å². The van der Waals surface area contributed by atoms with Crippen LogP contribution in [0.1, 0.15) is 44.6 Å². The molecule has 0 spiro atoms. The lowest BCUT2D eigenvalue weighted by Crippen LogP contribution is -2.34. The number of hydrogen-bond donors (Lipinski definition) is 1. The number of halogens is 1. The highest BCUT2D eigenvalue weighted by Crippen LogP contribution is 2.18. The van der Waals surface area contributed by atoms with Gasteiger partial charge in [0.2, 0.25) is 11.8 Å². The molecule has 0 bridgehead atoms. The van der Waals surface area contributed by atoms with Crippen molar-refractivity contribution in [3.63, 3.8) is 0 Å². The molecule has 5 heteroatoms. The highest BCUT2D eigenvalue weighted by atomic mass is 19.1. The van der Waals surface area contributed by atoms with Gasteiger partial charge in [-0.1, -0.05) is 38.3 Å². The summed E-state index contributed by atoms with van der Waals surface area (Å²) in [5, 5.41) is 2.95. The molecule has 1 fully saturated rings. The van der Waals surface area contributed by atoms with E-state index in [0.29, 0.717) is 32.5 Å². The van der Waals surface area contributed by atoms with E-state index < -0.39 is 0 Å². The summed E-state index contributed by atoms with van der Waals surface area (Å²) in [7, 11) is 0. The first-order valence-electron chi connectivity index (χ1n) is 8.90. The Morgan fingerprint density at radius 2 is 2.00 bits per heavy atom. The van der Waals surface area contributed by atoms with Crippen molar-refractivity contribution in [3.8, 4) is 0 Å². The molecule has 1 unspecified atom stereocenters. The van der Waals surface area contributed by atoms with E-state index in [9.17, 15) is 14.0 Å². The summed E-state index contributed by atoms with van der Waals surface area (Å²) < 4.78 is 12.9. The van der Waals surface area contributed by atoms with Crippen molar-refractivity contribution in [1.82, 2.24) is 10.2 Å². The van der Waals surface area contributed by atoms with Gasteiger partial charge in [-0.25, -0.2) is 4.39 Å². The van der Waals surface area contributed by atoms with E-state index in [-0.39, 0.29) is 23.5 Å². The molecule has 4 nitrogen and oxygen atoms in total. The predicted octanol–water partition coefficient (Wildman–Crippen LogP) is 2.91. The lowest BCUT2D eigenvalue weighted by atomic mass is 10.1. The van der Waals surface area contributed by atoms with Gasteiger partial charge in [0.1, 0.15) is 5.82 Å². The smallest absolute Gasteiger partial charge is 0.225 e. The molecule has 1 aliphatic rings. The number of likely N-dealkylation sites (tertiary alicyclic amines) is 1. The molecule has 0 saturated carbocycles. The van der Waals surface area contributed by atoms with Gasteiger partial charge >= 0.3 is 0 Å². The van der Waals surface area contributed by atoms with E-state index in [1.54, 1.807) is 17.0 Å². The minimum Gasteiger partial charge on any atom is -0.356 e. The fourth-order valence-electron chi connectivity index (χ4n) is 2.99. The topological polar surface area (TPSA) is 49.4 Å². The maximum absolute atomic E-state index is 12.9. The molecule has 1 aliphatic heterocycles. The molecule has 2 rings (SSSR count). The summed E-state index contributed by atoms with van der Waals surface area (Å²) in [5.74, 6) is -0.476. The second kappa shape index (κ2) is 9.40. The van der Waals surface area contributed by atoms with E-state index in [2.05, 4.69) is 12.2 Å². The number of carbonyl (C=O) groups excluding carboxylic acids is 2. The number of rotatable bonds is 9. The summed E-state index contributed by atoms with van der Waals surface area (Å²) in [6, 6.07) is 6.32. The van der Waals surface area contributed by atoms with Gasteiger partial charge in [0.15, 0.2) is 0 Å². The molecule has 1 N–H and O–H groups in total. The summed E-state index contributed by atoms with van der Waals surface area (Å²) in [6.07, 6.45) is 5.46. The molecule has 0 aliphatic carbocycles. The molecule has 132 valence electrons. The molecular weight excluding hydrogens is 307 g/mol. The summed E-state index contributed by atoms with van der Waals surface area (Å²) in [6.45, 7) is 3.91. The molecular formula is C19H27FN2O2. The number of carbonyl (C=O) groups is 2. The van der Waals surface area contributed by atoms with Gasteiger partial charge in [0, 0.05) is 26.1 Å². The Balaban J connectivity index is 1.72. The summed E-state index contributed by atoms with van der Waals surface area (Å²) in [4.78, 5) is 26.0. The second-order valence-corrected chi connectivity index (χ2v) is 6.47. The zero-order chi connectivity index (χ0) is 17.4. The maximum Gasteiger partial charge on any atom is 0.225 e. The Bertz CT molecular complexity index is 545. The van der Waals surface area contributed by atoms with Gasteiger partial charge in [0.25, 0.3) is 0 Å². The first-order valence-corrected chi connectivity index (χ1v) is 8.90. The van der Waals surface area contributed by atoms with Crippen molar-refractivity contribution in [2.24, 2.45) is 5.92 Å². The second-order valence-electron chi connectivity index (χ2n) is 6.47. The van der Waals surface area contributed by atoms with Crippen molar-refractivity contribution in [3.05, 3.63) is 35.6 Å². The highest BCUT2D eigenvalue weighted by molar-refractivity contribution is 5.89. The first kappa shape index (κ1) is 18.4. The number of unbranched alkanes of at least 4 members (excludes halogenated alkanes) is 3. The van der Waals surface area contributed by atoms with Gasteiger partial charge in [-0.05, 0) is 30.5 Å². The molecule has 1 aromatic rings. The SMILES string of the molecule is CCCCCCNC(=O)C1CC(=O)N(CCc2ccc(F)cc2)C1. The van der Waals surface area contributed by atoms with Crippen LogP contribution < -0.4 is 5.32 Å². The van der Waals surface area contributed by atoms with E-state index >= 15 is 0 Å². The minimum atomic E-state index is -0.258. The van der Waals surface area contributed by atoms with E-state index in [0.717, 1.165) is 18.4 Å². The van der Waals surface area contributed by atoms with Crippen molar-refractivity contribution < 1.29 is 14.0 Å². The monoisotopic (exact) mass is 334 g/mol. The van der Waals surface area contributed by atoms with Crippen LogP contribution in [0.2, 0.25) is 0 Å². The van der Waals surface area contributed by atoms with Crippen LogP contribution in [-0.2, 0) is 16.0 Å². The number of benzene rings is 1. The van der Waals surface area contributed by atoms with E-state index in [1.165, 1.54) is 25.0 Å². The van der Waals surface area contributed by atoms with Crippen LogP contribution in [0.3, 0.4) is 0 Å². The van der Waals surface area contributed by atoms with Gasteiger partial charge < -0.3 is 10.2 Å². The Labute approximate surface area is 143 Å². The van der Waals surface area contributed by atoms with Crippen molar-refractivity contribution in [2.45, 2.75) is 45.4 Å². The third-order valence-electron chi connectivity index (χ3n) is 4.50. The third-order valence-corrected chi connectivity index (χ3v) is 4.50. The molecule has 1 atom stereocenters. The average Bonchev–Trinajstić information content (AvgIpc) is 2.95. The maximum atomic E-state index is 12.9. The molecule has 2 amide bonds. The molecule has 1 aromatic carbocycles. The van der Waals surface area contributed by atoms with Crippen molar-refractivity contribution in [1.29, 1.82) is 0 Å². The number of amides is 2. The molecule has 24 heavy (non-hydrogen) atoms. The van der Waals surface area contributed by atoms with Crippen LogP contribution in [-0.4, -0.2) is 36.3 Å². The van der Waals surface area contributed by atoms with Crippen molar-refractivity contribution >= 4 is 11.8 Å². The molecule has 1 heterocycles. The summed E-state index contributed by atoms with van der Waals surface area (Å²) >= 11 is 0. The van der Waals surface area contributed by atoms with Crippen LogP contribution in [0.25, 0.3) is 0 Å². The van der Waals surface area contributed by atoms with Crippen LogP contribution >= 0.6 is 0 Å². The lowest BCUT2D eigenvalue weighted by molar-refractivity contribution is -0.129. The van der Waals surface area contributed by atoms with Crippen LogP contribution in [0, 0.1) is 11.7 Å². The fourth-order valence-corrected chi connectivity index (χ4v) is 2.99. The predicted molar refractivity (Wildman–Crippen MR) is 91.9 cm³/mol. The largest absolute Gasteiger partial charge is 0.356 e.